The fourth-order valence-corrected chi connectivity index (χ4v) is 2.70. The van der Waals surface area contributed by atoms with Crippen molar-refractivity contribution in [3.8, 4) is 0 Å². The van der Waals surface area contributed by atoms with Gasteiger partial charge in [0.2, 0.25) is 0 Å². The van der Waals surface area contributed by atoms with Crippen molar-refractivity contribution in [2.24, 2.45) is 0 Å². The molecule has 0 radical (unpaired) electrons. The van der Waals surface area contributed by atoms with Crippen molar-refractivity contribution in [3.63, 3.8) is 0 Å². The number of carbonyl (C=O) groups is 1. The van der Waals surface area contributed by atoms with E-state index in [1.54, 1.807) is 18.2 Å². The van der Waals surface area contributed by atoms with Crippen molar-refractivity contribution in [2.45, 2.75) is 13.0 Å². The molecule has 2 aromatic carbocycles. The summed E-state index contributed by atoms with van der Waals surface area (Å²) in [7, 11) is 0. The second-order valence-corrected chi connectivity index (χ2v) is 5.56. The Morgan fingerprint density at radius 3 is 2.55 bits per heavy atom. The SMILES string of the molecule is Cc1c(Cl)cccc1C(=O)NC(CBr)c1ccccc1. The number of alkyl halides is 1. The highest BCUT2D eigenvalue weighted by Crippen LogP contribution is 2.21. The first-order chi connectivity index (χ1) is 9.63. The first-order valence-corrected chi connectivity index (χ1v) is 7.80. The number of carbonyl (C=O) groups excluding carboxylic acids is 1. The van der Waals surface area contributed by atoms with Crippen LogP contribution in [0.5, 0.6) is 0 Å². The summed E-state index contributed by atoms with van der Waals surface area (Å²) in [5, 5.41) is 4.28. The van der Waals surface area contributed by atoms with Gasteiger partial charge in [-0.3, -0.25) is 4.79 Å². The van der Waals surface area contributed by atoms with E-state index in [1.807, 2.05) is 37.3 Å². The summed E-state index contributed by atoms with van der Waals surface area (Å²) in [4.78, 5) is 12.4. The Balaban J connectivity index is 2.20. The largest absolute Gasteiger partial charge is 0.344 e. The summed E-state index contributed by atoms with van der Waals surface area (Å²) in [6, 6.07) is 15.2. The average Bonchev–Trinajstić information content (AvgIpc) is 2.48. The summed E-state index contributed by atoms with van der Waals surface area (Å²) in [5.41, 5.74) is 2.48. The predicted molar refractivity (Wildman–Crippen MR) is 86.6 cm³/mol. The molecule has 0 spiro atoms. The standard InChI is InChI=1S/C16H15BrClNO/c1-11-13(8-5-9-14(11)18)16(20)19-15(10-17)12-6-3-2-4-7-12/h2-9,15H,10H2,1H3,(H,19,20). The van der Waals surface area contributed by atoms with Crippen molar-refractivity contribution >= 4 is 33.4 Å². The summed E-state index contributed by atoms with van der Waals surface area (Å²) >= 11 is 9.50. The maximum absolute atomic E-state index is 12.4. The zero-order valence-electron chi connectivity index (χ0n) is 11.1. The molecule has 0 fully saturated rings. The van der Waals surface area contributed by atoms with Gasteiger partial charge in [-0.05, 0) is 30.2 Å². The lowest BCUT2D eigenvalue weighted by Crippen LogP contribution is -2.30. The number of amides is 1. The van der Waals surface area contributed by atoms with E-state index in [4.69, 9.17) is 11.6 Å². The van der Waals surface area contributed by atoms with Crippen LogP contribution >= 0.6 is 27.5 Å². The molecular formula is C16H15BrClNO. The van der Waals surface area contributed by atoms with Crippen LogP contribution in [0.3, 0.4) is 0 Å². The van der Waals surface area contributed by atoms with Crippen molar-refractivity contribution in [3.05, 3.63) is 70.2 Å². The lowest BCUT2D eigenvalue weighted by atomic mass is 10.1. The number of nitrogens with one attached hydrogen (secondary N) is 1. The predicted octanol–water partition coefficient (Wildman–Crippen LogP) is 4.51. The Morgan fingerprint density at radius 1 is 1.20 bits per heavy atom. The van der Waals surface area contributed by atoms with Crippen LogP contribution in [0.25, 0.3) is 0 Å². The normalized spacial score (nSPS) is 11.9. The van der Waals surface area contributed by atoms with Gasteiger partial charge in [-0.1, -0.05) is 63.9 Å². The minimum absolute atomic E-state index is 0.0675. The molecular weight excluding hydrogens is 338 g/mol. The number of hydrogen-bond donors (Lipinski definition) is 1. The first kappa shape index (κ1) is 15.1. The Kier molecular flexibility index (Phi) is 5.21. The van der Waals surface area contributed by atoms with Gasteiger partial charge < -0.3 is 5.32 Å². The van der Waals surface area contributed by atoms with Gasteiger partial charge in [-0.2, -0.15) is 0 Å². The summed E-state index contributed by atoms with van der Waals surface area (Å²) in [5.74, 6) is -0.113. The van der Waals surface area contributed by atoms with Crippen LogP contribution in [0.2, 0.25) is 5.02 Å². The third kappa shape index (κ3) is 3.41. The molecule has 4 heteroatoms. The van der Waals surface area contributed by atoms with Crippen LogP contribution in [0, 0.1) is 6.92 Å². The molecule has 2 rings (SSSR count). The highest BCUT2D eigenvalue weighted by atomic mass is 79.9. The molecule has 1 N–H and O–H groups in total. The van der Waals surface area contributed by atoms with Crippen LogP contribution in [-0.4, -0.2) is 11.2 Å². The van der Waals surface area contributed by atoms with E-state index in [9.17, 15) is 4.79 Å². The molecule has 0 heterocycles. The van der Waals surface area contributed by atoms with E-state index in [0.29, 0.717) is 15.9 Å². The van der Waals surface area contributed by atoms with E-state index in [0.717, 1.165) is 11.1 Å². The average molecular weight is 353 g/mol. The van der Waals surface area contributed by atoms with Gasteiger partial charge in [0.05, 0.1) is 6.04 Å². The van der Waals surface area contributed by atoms with E-state index >= 15 is 0 Å². The minimum Gasteiger partial charge on any atom is -0.344 e. The van der Waals surface area contributed by atoms with E-state index < -0.39 is 0 Å². The van der Waals surface area contributed by atoms with Crippen LogP contribution in [0.4, 0.5) is 0 Å². The topological polar surface area (TPSA) is 29.1 Å². The van der Waals surface area contributed by atoms with Crippen LogP contribution in [-0.2, 0) is 0 Å². The third-order valence-electron chi connectivity index (χ3n) is 3.17. The van der Waals surface area contributed by atoms with Crippen molar-refractivity contribution in [1.82, 2.24) is 5.32 Å². The molecule has 0 bridgehead atoms. The lowest BCUT2D eigenvalue weighted by Gasteiger charge is -2.17. The maximum Gasteiger partial charge on any atom is 0.252 e. The fraction of sp³-hybridized carbons (Fsp3) is 0.188. The highest BCUT2D eigenvalue weighted by molar-refractivity contribution is 9.09. The molecule has 0 saturated heterocycles. The van der Waals surface area contributed by atoms with E-state index in [2.05, 4.69) is 21.2 Å². The second-order valence-electron chi connectivity index (χ2n) is 4.50. The van der Waals surface area contributed by atoms with Gasteiger partial charge in [0.1, 0.15) is 0 Å². The Morgan fingerprint density at radius 2 is 1.90 bits per heavy atom. The maximum atomic E-state index is 12.4. The monoisotopic (exact) mass is 351 g/mol. The summed E-state index contributed by atoms with van der Waals surface area (Å²) in [6.45, 7) is 1.85. The van der Waals surface area contributed by atoms with E-state index in [1.165, 1.54) is 0 Å². The molecule has 2 aromatic rings. The van der Waals surface area contributed by atoms with Crippen molar-refractivity contribution in [2.75, 3.05) is 5.33 Å². The van der Waals surface area contributed by atoms with Gasteiger partial charge in [-0.25, -0.2) is 0 Å². The molecule has 0 aromatic heterocycles. The number of halogens is 2. The van der Waals surface area contributed by atoms with E-state index in [-0.39, 0.29) is 11.9 Å². The quantitative estimate of drug-likeness (QED) is 0.806. The number of benzene rings is 2. The van der Waals surface area contributed by atoms with Gasteiger partial charge in [-0.15, -0.1) is 0 Å². The van der Waals surface area contributed by atoms with Gasteiger partial charge in [0.25, 0.3) is 5.91 Å². The molecule has 0 aliphatic carbocycles. The summed E-state index contributed by atoms with van der Waals surface area (Å²) < 4.78 is 0. The smallest absolute Gasteiger partial charge is 0.252 e. The lowest BCUT2D eigenvalue weighted by molar-refractivity contribution is 0.0940. The number of hydrogen-bond acceptors (Lipinski definition) is 1. The molecule has 20 heavy (non-hydrogen) atoms. The Bertz CT molecular complexity index is 601. The first-order valence-electron chi connectivity index (χ1n) is 6.30. The van der Waals surface area contributed by atoms with Gasteiger partial charge in [0, 0.05) is 15.9 Å². The number of rotatable bonds is 4. The molecule has 1 unspecified atom stereocenters. The van der Waals surface area contributed by atoms with Crippen LogP contribution in [0.1, 0.15) is 27.5 Å². The van der Waals surface area contributed by atoms with Gasteiger partial charge in [0.15, 0.2) is 0 Å². The zero-order valence-corrected chi connectivity index (χ0v) is 13.4. The molecule has 1 amide bonds. The third-order valence-corrected chi connectivity index (χ3v) is 4.23. The molecule has 0 aliphatic rings. The highest BCUT2D eigenvalue weighted by Gasteiger charge is 2.16. The van der Waals surface area contributed by atoms with Crippen LogP contribution < -0.4 is 5.32 Å². The zero-order chi connectivity index (χ0) is 14.5. The van der Waals surface area contributed by atoms with Crippen molar-refractivity contribution < 1.29 is 4.79 Å². The molecule has 0 saturated carbocycles. The molecule has 104 valence electrons. The molecule has 2 nitrogen and oxygen atoms in total. The second kappa shape index (κ2) is 6.91. The van der Waals surface area contributed by atoms with Crippen molar-refractivity contribution in [1.29, 1.82) is 0 Å². The minimum atomic E-state index is -0.113. The van der Waals surface area contributed by atoms with Gasteiger partial charge >= 0.3 is 0 Å². The summed E-state index contributed by atoms with van der Waals surface area (Å²) in [6.07, 6.45) is 0. The Hall–Kier alpha value is -1.32. The van der Waals surface area contributed by atoms with Crippen LogP contribution in [0.15, 0.2) is 48.5 Å². The Labute approximate surface area is 132 Å². The molecule has 1 atom stereocenters. The molecule has 0 aliphatic heterocycles. The fourth-order valence-electron chi connectivity index (χ4n) is 1.99.